The topological polar surface area (TPSA) is 49.8 Å². The summed E-state index contributed by atoms with van der Waals surface area (Å²) in [4.78, 5) is 14.1. The van der Waals surface area contributed by atoms with E-state index in [1.807, 2.05) is 0 Å². The van der Waals surface area contributed by atoms with Crippen LogP contribution in [0.4, 0.5) is 8.78 Å². The van der Waals surface area contributed by atoms with Crippen LogP contribution in [0.1, 0.15) is 36.0 Å². The van der Waals surface area contributed by atoms with Crippen molar-refractivity contribution in [1.82, 2.24) is 4.90 Å². The second kappa shape index (κ2) is 5.59. The van der Waals surface area contributed by atoms with Crippen molar-refractivity contribution in [3.63, 3.8) is 0 Å². The van der Waals surface area contributed by atoms with Crippen LogP contribution in [0.2, 0.25) is 0 Å². The van der Waals surface area contributed by atoms with E-state index in [-0.39, 0.29) is 11.6 Å². The molecule has 4 nitrogen and oxygen atoms in total. The molecule has 0 radical (unpaired) electrons. The summed E-state index contributed by atoms with van der Waals surface area (Å²) in [6, 6.07) is 2.55. The lowest BCUT2D eigenvalue weighted by Gasteiger charge is -2.42. The van der Waals surface area contributed by atoms with Gasteiger partial charge in [-0.3, -0.25) is 4.79 Å². The van der Waals surface area contributed by atoms with Crippen LogP contribution in [0.3, 0.4) is 0 Å². The normalized spacial score (nSPS) is 31.2. The maximum atomic E-state index is 13.9. The van der Waals surface area contributed by atoms with Crippen molar-refractivity contribution in [2.45, 2.75) is 43.4 Å². The minimum atomic E-state index is -0.738. The van der Waals surface area contributed by atoms with Crippen LogP contribution < -0.4 is 0 Å². The largest absolute Gasteiger partial charge is 0.393 e. The number of aliphatic hydroxyl groups is 1. The van der Waals surface area contributed by atoms with Gasteiger partial charge in [0.15, 0.2) is 0 Å². The third-order valence-electron chi connectivity index (χ3n) is 4.98. The molecule has 120 valence electrons. The Morgan fingerprint density at radius 3 is 2.91 bits per heavy atom. The van der Waals surface area contributed by atoms with E-state index in [2.05, 4.69) is 0 Å². The number of aliphatic hydroxyl groups excluding tert-OH is 1. The number of ether oxygens (including phenoxy) is 1. The number of carbonyl (C=O) groups is 1. The Kier molecular flexibility index (Phi) is 3.91. The molecule has 3 atom stereocenters. The highest BCUT2D eigenvalue weighted by Crippen LogP contribution is 2.43. The molecule has 1 heterocycles. The van der Waals surface area contributed by atoms with E-state index < -0.39 is 29.2 Å². The van der Waals surface area contributed by atoms with Crippen molar-refractivity contribution in [1.29, 1.82) is 0 Å². The van der Waals surface area contributed by atoms with Crippen LogP contribution in [-0.2, 0) is 4.74 Å². The molecule has 0 bridgehead atoms. The van der Waals surface area contributed by atoms with Gasteiger partial charge in [0.05, 0.1) is 23.3 Å². The first-order valence-corrected chi connectivity index (χ1v) is 7.46. The van der Waals surface area contributed by atoms with Crippen LogP contribution in [-0.4, -0.2) is 47.3 Å². The maximum Gasteiger partial charge on any atom is 0.257 e. The lowest BCUT2D eigenvalue weighted by atomic mass is 9.79. The molecule has 1 aromatic carbocycles. The SMILES string of the molecule is CO[C@@]12CC[C@H](O)C[C@@H]1N(C(=O)c1cc(F)ccc1F)CC2. The summed E-state index contributed by atoms with van der Waals surface area (Å²) < 4.78 is 32.8. The number of benzene rings is 1. The van der Waals surface area contributed by atoms with Gasteiger partial charge in [-0.05, 0) is 43.9 Å². The molecule has 1 saturated carbocycles. The fourth-order valence-electron chi connectivity index (χ4n) is 3.74. The van der Waals surface area contributed by atoms with E-state index >= 15 is 0 Å². The Bertz CT molecular complexity index is 595. The van der Waals surface area contributed by atoms with E-state index in [0.717, 1.165) is 18.2 Å². The molecule has 1 aliphatic carbocycles. The zero-order valence-electron chi connectivity index (χ0n) is 12.4. The number of fused-ring (bicyclic) bond motifs is 1. The predicted molar refractivity (Wildman–Crippen MR) is 75.4 cm³/mol. The van der Waals surface area contributed by atoms with E-state index in [4.69, 9.17) is 4.74 Å². The monoisotopic (exact) mass is 311 g/mol. The number of amides is 1. The van der Waals surface area contributed by atoms with Gasteiger partial charge >= 0.3 is 0 Å². The Hall–Kier alpha value is -1.53. The first kappa shape index (κ1) is 15.4. The van der Waals surface area contributed by atoms with Crippen LogP contribution in [0.25, 0.3) is 0 Å². The number of halogens is 2. The summed E-state index contributed by atoms with van der Waals surface area (Å²) >= 11 is 0. The molecule has 3 rings (SSSR count). The summed E-state index contributed by atoms with van der Waals surface area (Å²) in [5.74, 6) is -1.93. The van der Waals surface area contributed by atoms with E-state index in [9.17, 15) is 18.7 Å². The average molecular weight is 311 g/mol. The molecule has 1 amide bonds. The van der Waals surface area contributed by atoms with E-state index in [1.54, 1.807) is 7.11 Å². The Labute approximate surface area is 127 Å². The molecule has 6 heteroatoms. The quantitative estimate of drug-likeness (QED) is 0.910. The van der Waals surface area contributed by atoms with Crippen molar-refractivity contribution in [3.05, 3.63) is 35.4 Å². The van der Waals surface area contributed by atoms with Gasteiger partial charge in [-0.15, -0.1) is 0 Å². The van der Waals surface area contributed by atoms with E-state index in [0.29, 0.717) is 32.2 Å². The van der Waals surface area contributed by atoms with Crippen molar-refractivity contribution in [2.75, 3.05) is 13.7 Å². The van der Waals surface area contributed by atoms with Crippen LogP contribution in [0, 0.1) is 11.6 Å². The predicted octanol–water partition coefficient (Wildman–Crippen LogP) is 2.11. The van der Waals surface area contributed by atoms with Crippen LogP contribution in [0.5, 0.6) is 0 Å². The van der Waals surface area contributed by atoms with Crippen molar-refractivity contribution in [3.8, 4) is 0 Å². The van der Waals surface area contributed by atoms with Gasteiger partial charge in [0, 0.05) is 13.7 Å². The molecular weight excluding hydrogens is 292 g/mol. The Balaban J connectivity index is 1.91. The highest BCUT2D eigenvalue weighted by Gasteiger charge is 2.52. The third kappa shape index (κ3) is 2.40. The summed E-state index contributed by atoms with van der Waals surface area (Å²) in [6.45, 7) is 0.417. The fraction of sp³-hybridized carbons (Fsp3) is 0.562. The van der Waals surface area contributed by atoms with Gasteiger partial charge in [-0.25, -0.2) is 8.78 Å². The summed E-state index contributed by atoms with van der Waals surface area (Å²) in [7, 11) is 1.60. The standard InChI is InChI=1S/C16H19F2NO3/c1-22-16-5-4-11(20)9-14(16)19(7-6-16)15(21)12-8-10(17)2-3-13(12)18/h2-3,8,11,14,20H,4-7,9H2,1H3/t11-,14-,16+/m0/s1. The summed E-state index contributed by atoms with van der Waals surface area (Å²) in [5, 5.41) is 9.91. The van der Waals surface area contributed by atoms with Gasteiger partial charge < -0.3 is 14.7 Å². The van der Waals surface area contributed by atoms with Gasteiger partial charge in [0.25, 0.3) is 5.91 Å². The molecule has 2 aliphatic rings. The second-order valence-corrected chi connectivity index (χ2v) is 6.09. The number of likely N-dealkylation sites (tertiary alicyclic amines) is 1. The summed E-state index contributed by atoms with van der Waals surface area (Å²) in [5.41, 5.74) is -0.759. The van der Waals surface area contributed by atoms with Crippen LogP contribution >= 0.6 is 0 Å². The molecule has 0 aromatic heterocycles. The number of nitrogens with zero attached hydrogens (tertiary/aromatic N) is 1. The van der Waals surface area contributed by atoms with E-state index in [1.165, 1.54) is 4.90 Å². The number of carbonyl (C=O) groups excluding carboxylic acids is 1. The molecular formula is C16H19F2NO3. The average Bonchev–Trinajstić information content (AvgIpc) is 2.88. The van der Waals surface area contributed by atoms with Gasteiger partial charge in [-0.2, -0.15) is 0 Å². The summed E-state index contributed by atoms with van der Waals surface area (Å²) in [6.07, 6.45) is 1.82. The number of hydrogen-bond donors (Lipinski definition) is 1. The maximum absolute atomic E-state index is 13.9. The zero-order chi connectivity index (χ0) is 15.9. The molecule has 1 N–H and O–H groups in total. The Morgan fingerprint density at radius 2 is 2.18 bits per heavy atom. The molecule has 1 saturated heterocycles. The zero-order valence-corrected chi connectivity index (χ0v) is 12.4. The fourth-order valence-corrected chi connectivity index (χ4v) is 3.74. The van der Waals surface area contributed by atoms with Gasteiger partial charge in [-0.1, -0.05) is 0 Å². The van der Waals surface area contributed by atoms with Crippen molar-refractivity contribution in [2.24, 2.45) is 0 Å². The number of methoxy groups -OCH3 is 1. The second-order valence-electron chi connectivity index (χ2n) is 6.09. The molecule has 2 fully saturated rings. The Morgan fingerprint density at radius 1 is 1.41 bits per heavy atom. The first-order valence-electron chi connectivity index (χ1n) is 7.46. The van der Waals surface area contributed by atoms with Crippen molar-refractivity contribution >= 4 is 5.91 Å². The molecule has 1 aliphatic heterocycles. The molecule has 0 spiro atoms. The smallest absolute Gasteiger partial charge is 0.257 e. The first-order chi connectivity index (χ1) is 10.5. The minimum Gasteiger partial charge on any atom is -0.393 e. The van der Waals surface area contributed by atoms with Crippen LogP contribution in [0.15, 0.2) is 18.2 Å². The van der Waals surface area contributed by atoms with Gasteiger partial charge in [0.2, 0.25) is 0 Å². The molecule has 1 aromatic rings. The number of rotatable bonds is 2. The van der Waals surface area contributed by atoms with Crippen molar-refractivity contribution < 1.29 is 23.4 Å². The molecule has 22 heavy (non-hydrogen) atoms. The lowest BCUT2D eigenvalue weighted by molar-refractivity contribution is -0.0824. The highest BCUT2D eigenvalue weighted by atomic mass is 19.1. The van der Waals surface area contributed by atoms with Gasteiger partial charge in [0.1, 0.15) is 11.6 Å². The minimum absolute atomic E-state index is 0.271. The molecule has 0 unspecified atom stereocenters. The number of hydrogen-bond acceptors (Lipinski definition) is 3. The lowest BCUT2D eigenvalue weighted by Crippen LogP contribution is -2.52. The third-order valence-corrected chi connectivity index (χ3v) is 4.98. The highest BCUT2D eigenvalue weighted by molar-refractivity contribution is 5.95.